The van der Waals surface area contributed by atoms with Crippen molar-refractivity contribution in [1.82, 2.24) is 0 Å². The lowest BCUT2D eigenvalue weighted by Crippen LogP contribution is -2.17. The summed E-state index contributed by atoms with van der Waals surface area (Å²) in [6.07, 6.45) is 0.0714. The molecule has 0 aliphatic carbocycles. The first-order valence-corrected chi connectivity index (χ1v) is 6.12. The number of methoxy groups -OCH3 is 1. The fraction of sp³-hybridized carbons (Fsp3) is 0.333. The average molecular weight is 245 g/mol. The molecule has 0 bridgehead atoms. The summed E-state index contributed by atoms with van der Waals surface area (Å²) in [5.74, 6) is 0.847. The Morgan fingerprint density at radius 3 is 2.67 bits per heavy atom. The molecule has 0 aliphatic heterocycles. The van der Waals surface area contributed by atoms with Gasteiger partial charge in [-0.1, -0.05) is 30.3 Å². The van der Waals surface area contributed by atoms with E-state index in [1.165, 1.54) is 5.39 Å². The summed E-state index contributed by atoms with van der Waals surface area (Å²) in [5, 5.41) is 2.34. The summed E-state index contributed by atoms with van der Waals surface area (Å²) in [6, 6.07) is 12.2. The molecule has 96 valence electrons. The highest BCUT2D eigenvalue weighted by atomic mass is 16.5. The van der Waals surface area contributed by atoms with Gasteiger partial charge in [-0.2, -0.15) is 0 Å². The molecule has 1 unspecified atom stereocenters. The molecule has 0 fully saturated rings. The number of rotatable bonds is 5. The zero-order chi connectivity index (χ0) is 13.0. The Hall–Kier alpha value is -1.58. The summed E-state index contributed by atoms with van der Waals surface area (Å²) in [6.45, 7) is 2.98. The van der Waals surface area contributed by atoms with Gasteiger partial charge in [0, 0.05) is 19.2 Å². The van der Waals surface area contributed by atoms with E-state index in [0.29, 0.717) is 13.2 Å². The molecule has 0 amide bonds. The lowest BCUT2D eigenvalue weighted by molar-refractivity contribution is 0.0714. The number of hydrogen-bond donors (Lipinski definition) is 1. The van der Waals surface area contributed by atoms with Crippen molar-refractivity contribution < 1.29 is 9.47 Å². The van der Waals surface area contributed by atoms with Gasteiger partial charge in [0.05, 0.1) is 6.10 Å². The first-order valence-electron chi connectivity index (χ1n) is 6.12. The maximum absolute atomic E-state index is 5.84. The van der Waals surface area contributed by atoms with E-state index in [1.54, 1.807) is 7.11 Å². The van der Waals surface area contributed by atoms with Crippen LogP contribution in [0, 0.1) is 0 Å². The predicted octanol–water partition coefficient (Wildman–Crippen LogP) is 2.71. The van der Waals surface area contributed by atoms with Gasteiger partial charge in [-0.3, -0.25) is 0 Å². The van der Waals surface area contributed by atoms with Crippen molar-refractivity contribution >= 4 is 10.8 Å². The highest BCUT2D eigenvalue weighted by Crippen LogP contribution is 2.27. The molecule has 1 atom stereocenters. The fourth-order valence-electron chi connectivity index (χ4n) is 1.94. The third kappa shape index (κ3) is 2.63. The maximum Gasteiger partial charge on any atom is 0.124 e. The summed E-state index contributed by atoms with van der Waals surface area (Å²) in [4.78, 5) is 0. The number of benzene rings is 2. The second-order valence-corrected chi connectivity index (χ2v) is 4.32. The number of nitrogens with two attached hydrogens (primary N) is 1. The van der Waals surface area contributed by atoms with E-state index in [1.807, 2.05) is 25.1 Å². The molecule has 2 aromatic rings. The van der Waals surface area contributed by atoms with E-state index >= 15 is 0 Å². The second-order valence-electron chi connectivity index (χ2n) is 4.32. The Morgan fingerprint density at radius 2 is 1.94 bits per heavy atom. The third-order valence-electron chi connectivity index (χ3n) is 3.08. The average Bonchev–Trinajstić information content (AvgIpc) is 2.43. The van der Waals surface area contributed by atoms with Gasteiger partial charge in [0.1, 0.15) is 12.4 Å². The third-order valence-corrected chi connectivity index (χ3v) is 3.08. The summed E-state index contributed by atoms with van der Waals surface area (Å²) < 4.78 is 11.0. The lowest BCUT2D eigenvalue weighted by Gasteiger charge is -2.15. The molecule has 2 aromatic carbocycles. The van der Waals surface area contributed by atoms with Gasteiger partial charge in [0.2, 0.25) is 0 Å². The summed E-state index contributed by atoms with van der Waals surface area (Å²) in [5.41, 5.74) is 6.90. The zero-order valence-corrected chi connectivity index (χ0v) is 10.8. The number of fused-ring (bicyclic) bond motifs is 1. The van der Waals surface area contributed by atoms with E-state index in [-0.39, 0.29) is 6.10 Å². The van der Waals surface area contributed by atoms with Crippen molar-refractivity contribution in [2.75, 3.05) is 13.7 Å². The first kappa shape index (κ1) is 12.9. The topological polar surface area (TPSA) is 44.5 Å². The summed E-state index contributed by atoms with van der Waals surface area (Å²) in [7, 11) is 1.68. The molecule has 0 saturated heterocycles. The molecule has 0 aromatic heterocycles. The van der Waals surface area contributed by atoms with Crippen molar-refractivity contribution in [2.45, 2.75) is 19.6 Å². The van der Waals surface area contributed by atoms with Crippen molar-refractivity contribution in [3.05, 3.63) is 42.0 Å². The van der Waals surface area contributed by atoms with E-state index in [9.17, 15) is 0 Å². The quantitative estimate of drug-likeness (QED) is 0.881. The largest absolute Gasteiger partial charge is 0.491 e. The lowest BCUT2D eigenvalue weighted by atomic mass is 10.0. The molecular formula is C15H19NO2. The molecule has 0 saturated carbocycles. The van der Waals surface area contributed by atoms with Gasteiger partial charge in [-0.15, -0.1) is 0 Å². The minimum atomic E-state index is 0.0714. The minimum absolute atomic E-state index is 0.0714. The van der Waals surface area contributed by atoms with Crippen molar-refractivity contribution in [3.63, 3.8) is 0 Å². The normalized spacial score (nSPS) is 12.6. The van der Waals surface area contributed by atoms with Crippen LogP contribution in [-0.2, 0) is 11.3 Å². The van der Waals surface area contributed by atoms with Crippen LogP contribution in [0.1, 0.15) is 12.5 Å². The van der Waals surface area contributed by atoms with Crippen LogP contribution in [0.5, 0.6) is 5.75 Å². The van der Waals surface area contributed by atoms with Gasteiger partial charge in [0.25, 0.3) is 0 Å². The van der Waals surface area contributed by atoms with Gasteiger partial charge < -0.3 is 15.2 Å². The maximum atomic E-state index is 5.84. The standard InChI is InChI=1S/C15H19NO2/c1-11(17-2)10-18-15-8-7-12-5-3-4-6-13(12)14(15)9-16/h3-8,11H,9-10,16H2,1-2H3. The Bertz CT molecular complexity index is 525. The van der Waals surface area contributed by atoms with Crippen LogP contribution in [0.3, 0.4) is 0 Å². The minimum Gasteiger partial charge on any atom is -0.491 e. The second kappa shape index (κ2) is 5.85. The molecular weight excluding hydrogens is 226 g/mol. The summed E-state index contributed by atoms with van der Waals surface area (Å²) >= 11 is 0. The molecule has 3 nitrogen and oxygen atoms in total. The predicted molar refractivity (Wildman–Crippen MR) is 73.8 cm³/mol. The first-order chi connectivity index (χ1) is 8.76. The number of ether oxygens (including phenoxy) is 2. The van der Waals surface area contributed by atoms with Crippen LogP contribution in [0.2, 0.25) is 0 Å². The molecule has 18 heavy (non-hydrogen) atoms. The van der Waals surface area contributed by atoms with Crippen LogP contribution in [0.4, 0.5) is 0 Å². The Labute approximate surface area is 108 Å². The zero-order valence-electron chi connectivity index (χ0n) is 10.8. The van der Waals surface area contributed by atoms with E-state index in [0.717, 1.165) is 16.7 Å². The highest BCUT2D eigenvalue weighted by Gasteiger charge is 2.08. The van der Waals surface area contributed by atoms with Crippen LogP contribution < -0.4 is 10.5 Å². The molecule has 0 aliphatic rings. The van der Waals surface area contributed by atoms with Gasteiger partial charge in [-0.25, -0.2) is 0 Å². The van der Waals surface area contributed by atoms with E-state index < -0.39 is 0 Å². The van der Waals surface area contributed by atoms with Crippen LogP contribution >= 0.6 is 0 Å². The van der Waals surface area contributed by atoms with Gasteiger partial charge in [0.15, 0.2) is 0 Å². The van der Waals surface area contributed by atoms with Crippen molar-refractivity contribution in [1.29, 1.82) is 0 Å². The Balaban J connectivity index is 2.33. The van der Waals surface area contributed by atoms with Crippen LogP contribution in [0.15, 0.2) is 36.4 Å². The van der Waals surface area contributed by atoms with Gasteiger partial charge >= 0.3 is 0 Å². The van der Waals surface area contributed by atoms with Gasteiger partial charge in [-0.05, 0) is 23.8 Å². The van der Waals surface area contributed by atoms with Crippen molar-refractivity contribution in [2.24, 2.45) is 5.73 Å². The highest BCUT2D eigenvalue weighted by molar-refractivity contribution is 5.87. The molecule has 2 rings (SSSR count). The monoisotopic (exact) mass is 245 g/mol. The SMILES string of the molecule is COC(C)COc1ccc2ccccc2c1CN. The number of hydrogen-bond acceptors (Lipinski definition) is 3. The molecule has 0 heterocycles. The Kier molecular flexibility index (Phi) is 4.18. The van der Waals surface area contributed by atoms with E-state index in [4.69, 9.17) is 15.2 Å². The fourth-order valence-corrected chi connectivity index (χ4v) is 1.94. The van der Waals surface area contributed by atoms with Crippen molar-refractivity contribution in [3.8, 4) is 5.75 Å². The molecule has 0 radical (unpaired) electrons. The molecule has 3 heteroatoms. The molecule has 0 spiro atoms. The van der Waals surface area contributed by atoms with Crippen LogP contribution in [0.25, 0.3) is 10.8 Å². The van der Waals surface area contributed by atoms with Crippen LogP contribution in [-0.4, -0.2) is 19.8 Å². The Morgan fingerprint density at radius 1 is 1.17 bits per heavy atom. The van der Waals surface area contributed by atoms with E-state index in [2.05, 4.69) is 18.2 Å². The molecule has 2 N–H and O–H groups in total. The smallest absolute Gasteiger partial charge is 0.124 e.